The minimum atomic E-state index is -0.796. The summed E-state index contributed by atoms with van der Waals surface area (Å²) in [6, 6.07) is 12.9. The molecule has 0 saturated carbocycles. The summed E-state index contributed by atoms with van der Waals surface area (Å²) in [7, 11) is -0.796. The van der Waals surface area contributed by atoms with E-state index in [0.717, 1.165) is 10.0 Å². The molecule has 4 aliphatic rings. The molecule has 0 fully saturated rings. The van der Waals surface area contributed by atoms with Crippen molar-refractivity contribution in [2.75, 3.05) is 0 Å². The van der Waals surface area contributed by atoms with Crippen LogP contribution in [0, 0.1) is 41.5 Å². The van der Waals surface area contributed by atoms with Gasteiger partial charge in [0.25, 0.3) is 0 Å². The third-order valence-corrected chi connectivity index (χ3v) is 10.1. The molecule has 4 heteroatoms. The average Bonchev–Trinajstić information content (AvgIpc) is 2.91. The van der Waals surface area contributed by atoms with Crippen molar-refractivity contribution in [3.8, 4) is 22.3 Å². The number of hydrogen-bond acceptors (Lipinski definition) is 0. The zero-order valence-electron chi connectivity index (χ0n) is 18.4. The van der Waals surface area contributed by atoms with Gasteiger partial charge >= 0.3 is 0 Å². The maximum absolute atomic E-state index is 6.83. The first-order valence-corrected chi connectivity index (χ1v) is 12.2. The second-order valence-electron chi connectivity index (χ2n) is 8.26. The van der Waals surface area contributed by atoms with Gasteiger partial charge in [-0.05, 0) is 96.4 Å². The van der Waals surface area contributed by atoms with Crippen LogP contribution < -0.4 is 10.4 Å². The van der Waals surface area contributed by atoms with Crippen LogP contribution in [0.15, 0.2) is 36.4 Å². The minimum absolute atomic E-state index is 0. The van der Waals surface area contributed by atoms with Gasteiger partial charge in [0.2, 0.25) is 0 Å². The van der Waals surface area contributed by atoms with Crippen molar-refractivity contribution < 1.29 is 26.2 Å². The number of hydrogen-bond donors (Lipinski definition) is 0. The van der Waals surface area contributed by atoms with E-state index in [-0.39, 0.29) is 26.2 Å². The predicted octanol–water partition coefficient (Wildman–Crippen LogP) is 6.17. The molecule has 0 aromatic heterocycles. The first-order valence-electron chi connectivity index (χ1n) is 10.1. The van der Waals surface area contributed by atoms with E-state index in [9.17, 15) is 0 Å². The Labute approximate surface area is 211 Å². The van der Waals surface area contributed by atoms with Crippen LogP contribution in [0.1, 0.15) is 33.4 Å². The van der Waals surface area contributed by atoms with Crippen LogP contribution in [-0.4, -0.2) is 9.52 Å². The summed E-state index contributed by atoms with van der Waals surface area (Å²) in [4.78, 5) is 0. The van der Waals surface area contributed by atoms with E-state index in [1.165, 1.54) is 66.0 Å². The van der Waals surface area contributed by atoms with E-state index in [0.29, 0.717) is 0 Å². The number of fused-ring (bicyclic) bond motifs is 2. The normalized spacial score (nSPS) is 11.2. The number of rotatable bonds is 2. The van der Waals surface area contributed by atoms with Crippen molar-refractivity contribution in [3.63, 3.8) is 0 Å². The van der Waals surface area contributed by atoms with E-state index < -0.39 is 9.52 Å². The van der Waals surface area contributed by atoms with Gasteiger partial charge in [0.1, 0.15) is 0 Å². The fourth-order valence-corrected chi connectivity index (χ4v) is 7.87. The van der Waals surface area contributed by atoms with Crippen LogP contribution in [0.5, 0.6) is 0 Å². The Hall–Kier alpha value is -0.920. The van der Waals surface area contributed by atoms with Gasteiger partial charge in [-0.1, -0.05) is 59.6 Å². The van der Waals surface area contributed by atoms with Crippen molar-refractivity contribution in [1.82, 2.24) is 0 Å². The van der Waals surface area contributed by atoms with Crippen molar-refractivity contribution in [2.24, 2.45) is 0 Å². The Morgan fingerprint density at radius 1 is 0.567 bits per heavy atom. The van der Waals surface area contributed by atoms with E-state index in [1.807, 2.05) is 0 Å². The van der Waals surface area contributed by atoms with Gasteiger partial charge in [0.05, 0.1) is 19.6 Å². The van der Waals surface area contributed by atoms with Crippen LogP contribution in [0.4, 0.5) is 0 Å². The maximum Gasteiger partial charge on any atom is 0.0899 e. The molecular formula is C26H26Cl2SiZr. The molecule has 30 heavy (non-hydrogen) atoms. The zero-order valence-corrected chi connectivity index (χ0v) is 23.8. The van der Waals surface area contributed by atoms with E-state index in [2.05, 4.69) is 77.9 Å². The number of aryl methyl sites for hydroxylation is 2. The SMILES string of the molecule is Cc1cccc2c(Cl)c(C)c([SiH2]c3c(C)c(Cl)c4cccc(C)c(C)c3-4)c-2c1C.[Zr]. The first kappa shape index (κ1) is 23.7. The molecule has 0 aliphatic heterocycles. The molecule has 0 heterocycles. The monoisotopic (exact) mass is 526 g/mol. The summed E-state index contributed by atoms with van der Waals surface area (Å²) in [5, 5.41) is 4.72. The van der Waals surface area contributed by atoms with Gasteiger partial charge in [-0.2, -0.15) is 0 Å². The summed E-state index contributed by atoms with van der Waals surface area (Å²) >= 11 is 13.7. The van der Waals surface area contributed by atoms with Crippen LogP contribution in [0.2, 0.25) is 10.0 Å². The van der Waals surface area contributed by atoms with Crippen LogP contribution in [0.3, 0.4) is 0 Å². The van der Waals surface area contributed by atoms with E-state index in [4.69, 9.17) is 23.2 Å². The maximum atomic E-state index is 6.83. The van der Waals surface area contributed by atoms with Gasteiger partial charge in [0.15, 0.2) is 0 Å². The second-order valence-corrected chi connectivity index (χ2v) is 10.8. The Bertz CT molecular complexity index is 1120. The van der Waals surface area contributed by atoms with Gasteiger partial charge in [-0.15, -0.1) is 0 Å². The molecule has 4 aliphatic carbocycles. The Kier molecular flexibility index (Phi) is 7.05. The van der Waals surface area contributed by atoms with Crippen molar-refractivity contribution >= 4 is 43.1 Å². The third kappa shape index (κ3) is 3.65. The summed E-state index contributed by atoms with van der Waals surface area (Å²) < 4.78 is 0. The van der Waals surface area contributed by atoms with Crippen LogP contribution in [-0.2, 0) is 26.2 Å². The van der Waals surface area contributed by atoms with Crippen molar-refractivity contribution in [3.05, 3.63) is 79.8 Å². The molecule has 0 saturated heterocycles. The average molecular weight is 529 g/mol. The molecular weight excluding hydrogens is 503 g/mol. The molecule has 0 aromatic rings. The standard InChI is InChI=1S/C26H26Cl2Si.Zr/c1-13-9-7-11-19-21(15(13)3)25(17(5)23(19)27)29-26-18(6)24(28)20-12-8-10-14(2)16(4)22(20)26;/h7-12H,29H2,1-6H3;. The smallest absolute Gasteiger partial charge is 0.0834 e. The molecule has 0 radical (unpaired) electrons. The summed E-state index contributed by atoms with van der Waals surface area (Å²) in [5.41, 5.74) is 12.8. The zero-order chi connectivity index (χ0) is 21.0. The molecule has 0 unspecified atom stereocenters. The second kappa shape index (κ2) is 8.91. The fraction of sp³-hybridized carbons (Fsp3) is 0.231. The molecule has 0 atom stereocenters. The predicted molar refractivity (Wildman–Crippen MR) is 132 cm³/mol. The van der Waals surface area contributed by atoms with Crippen molar-refractivity contribution in [2.45, 2.75) is 41.5 Å². The summed E-state index contributed by atoms with van der Waals surface area (Å²) in [5.74, 6) is 0. The summed E-state index contributed by atoms with van der Waals surface area (Å²) in [6.45, 7) is 13.2. The molecule has 0 amide bonds. The Morgan fingerprint density at radius 2 is 0.933 bits per heavy atom. The quantitative estimate of drug-likeness (QED) is 0.273. The Morgan fingerprint density at radius 3 is 1.30 bits per heavy atom. The Balaban J connectivity index is 0.00000256. The fourth-order valence-electron chi connectivity index (χ4n) is 4.60. The van der Waals surface area contributed by atoms with E-state index in [1.54, 1.807) is 0 Å². The van der Waals surface area contributed by atoms with Gasteiger partial charge < -0.3 is 0 Å². The van der Waals surface area contributed by atoms with Gasteiger partial charge in [-0.3, -0.25) is 0 Å². The molecule has 0 aromatic carbocycles. The van der Waals surface area contributed by atoms with Crippen molar-refractivity contribution in [1.29, 1.82) is 0 Å². The molecule has 0 nitrogen and oxygen atoms in total. The molecule has 4 rings (SSSR count). The molecule has 0 N–H and O–H groups in total. The van der Waals surface area contributed by atoms with Gasteiger partial charge in [-0.25, -0.2) is 0 Å². The molecule has 0 spiro atoms. The van der Waals surface area contributed by atoms with Crippen LogP contribution >= 0.6 is 23.2 Å². The summed E-state index contributed by atoms with van der Waals surface area (Å²) in [6.07, 6.45) is 0. The molecule has 152 valence electrons. The largest absolute Gasteiger partial charge is 0.0899 e. The third-order valence-electron chi connectivity index (χ3n) is 6.68. The minimum Gasteiger partial charge on any atom is -0.0834 e. The molecule has 0 bridgehead atoms. The number of halogens is 2. The van der Waals surface area contributed by atoms with E-state index >= 15 is 0 Å². The van der Waals surface area contributed by atoms with Gasteiger partial charge in [0, 0.05) is 37.3 Å². The van der Waals surface area contributed by atoms with Crippen LogP contribution in [0.25, 0.3) is 22.3 Å². The topological polar surface area (TPSA) is 0 Å². The first-order chi connectivity index (χ1) is 13.7.